The minimum atomic E-state index is -0.465. The van der Waals surface area contributed by atoms with E-state index in [1.54, 1.807) is 4.90 Å². The Morgan fingerprint density at radius 2 is 2.16 bits per heavy atom. The van der Waals surface area contributed by atoms with Gasteiger partial charge in [0.25, 0.3) is 0 Å². The maximum absolute atomic E-state index is 12.2. The molecule has 1 heterocycles. The summed E-state index contributed by atoms with van der Waals surface area (Å²) in [5, 5.41) is 9.24. The summed E-state index contributed by atoms with van der Waals surface area (Å²) in [6.45, 7) is 0.764. The molecule has 1 saturated heterocycles. The number of amides is 1. The average molecular weight is 262 g/mol. The summed E-state index contributed by atoms with van der Waals surface area (Å²) in [6, 6.07) is 9.55. The lowest BCUT2D eigenvalue weighted by atomic mass is 10.0. The molecule has 2 rings (SSSR count). The molecule has 19 heavy (non-hydrogen) atoms. The summed E-state index contributed by atoms with van der Waals surface area (Å²) in [5.74, 6) is -0.0209. The third-order valence-corrected chi connectivity index (χ3v) is 3.78. The number of rotatable bonds is 5. The number of hydrogen-bond acceptors (Lipinski definition) is 3. The van der Waals surface area contributed by atoms with Gasteiger partial charge in [-0.25, -0.2) is 0 Å². The molecule has 0 bridgehead atoms. The molecule has 4 heteroatoms. The number of hydrogen-bond donors (Lipinski definition) is 2. The average Bonchev–Trinajstić information content (AvgIpc) is 2.93. The van der Waals surface area contributed by atoms with Gasteiger partial charge in [-0.3, -0.25) is 4.79 Å². The summed E-state index contributed by atoms with van der Waals surface area (Å²) in [4.78, 5) is 14.0. The Balaban J connectivity index is 1.85. The van der Waals surface area contributed by atoms with Crippen molar-refractivity contribution in [2.75, 3.05) is 13.2 Å². The molecule has 1 amide bonds. The first-order valence-electron chi connectivity index (χ1n) is 6.93. The Morgan fingerprint density at radius 3 is 2.84 bits per heavy atom. The lowest BCUT2D eigenvalue weighted by molar-refractivity contribution is -0.134. The van der Waals surface area contributed by atoms with Crippen LogP contribution in [-0.2, 0) is 11.2 Å². The fourth-order valence-corrected chi connectivity index (χ4v) is 2.62. The molecule has 1 aliphatic heterocycles. The second-order valence-electron chi connectivity index (χ2n) is 5.14. The lowest BCUT2D eigenvalue weighted by Gasteiger charge is -2.26. The number of aryl methyl sites for hydroxylation is 1. The van der Waals surface area contributed by atoms with E-state index in [2.05, 4.69) is 0 Å². The van der Waals surface area contributed by atoms with Crippen LogP contribution in [0.2, 0.25) is 0 Å². The largest absolute Gasteiger partial charge is 0.394 e. The minimum absolute atomic E-state index is 0.0209. The predicted octanol–water partition coefficient (Wildman–Crippen LogP) is 0.930. The van der Waals surface area contributed by atoms with Gasteiger partial charge in [0, 0.05) is 6.54 Å². The second kappa shape index (κ2) is 6.68. The van der Waals surface area contributed by atoms with Gasteiger partial charge in [0.15, 0.2) is 0 Å². The number of carbonyl (C=O) groups excluding carboxylic acids is 1. The minimum Gasteiger partial charge on any atom is -0.394 e. The summed E-state index contributed by atoms with van der Waals surface area (Å²) < 4.78 is 0. The smallest absolute Gasteiger partial charge is 0.239 e. The van der Waals surface area contributed by atoms with Gasteiger partial charge in [-0.1, -0.05) is 30.3 Å². The maximum Gasteiger partial charge on any atom is 0.239 e. The van der Waals surface area contributed by atoms with Crippen LogP contribution in [-0.4, -0.2) is 41.1 Å². The van der Waals surface area contributed by atoms with Gasteiger partial charge in [-0.15, -0.1) is 0 Å². The first-order valence-corrected chi connectivity index (χ1v) is 6.93. The quantitative estimate of drug-likeness (QED) is 0.829. The highest BCUT2D eigenvalue weighted by Gasteiger charge is 2.30. The number of carbonyl (C=O) groups is 1. The van der Waals surface area contributed by atoms with Crippen molar-refractivity contribution in [3.8, 4) is 0 Å². The van der Waals surface area contributed by atoms with Crippen molar-refractivity contribution in [3.63, 3.8) is 0 Å². The molecule has 0 saturated carbocycles. The Morgan fingerprint density at radius 1 is 1.42 bits per heavy atom. The molecule has 0 unspecified atom stereocenters. The molecular formula is C15H22N2O2. The molecule has 0 aliphatic carbocycles. The summed E-state index contributed by atoms with van der Waals surface area (Å²) >= 11 is 0. The highest BCUT2D eigenvalue weighted by Crippen LogP contribution is 2.18. The fraction of sp³-hybridized carbons (Fsp3) is 0.533. The van der Waals surface area contributed by atoms with Gasteiger partial charge in [0.1, 0.15) is 0 Å². The molecule has 0 aromatic heterocycles. The third kappa shape index (κ3) is 3.55. The van der Waals surface area contributed by atoms with E-state index in [9.17, 15) is 9.90 Å². The summed E-state index contributed by atoms with van der Waals surface area (Å²) in [7, 11) is 0. The van der Waals surface area contributed by atoms with Crippen molar-refractivity contribution in [2.45, 2.75) is 37.8 Å². The van der Waals surface area contributed by atoms with E-state index in [4.69, 9.17) is 5.73 Å². The number of nitrogens with two attached hydrogens (primary N) is 1. The standard InChI is InChI=1S/C15H22N2O2/c16-14(9-8-12-5-2-1-3-6-12)15(19)17-10-4-7-13(17)11-18/h1-3,5-6,13-14,18H,4,7-11,16H2/t13-,14-/m0/s1. The monoisotopic (exact) mass is 262 g/mol. The van der Waals surface area contributed by atoms with E-state index in [0.717, 1.165) is 25.8 Å². The zero-order valence-electron chi connectivity index (χ0n) is 11.2. The fourth-order valence-electron chi connectivity index (χ4n) is 2.62. The molecule has 1 aliphatic rings. The summed E-state index contributed by atoms with van der Waals surface area (Å²) in [5.41, 5.74) is 7.19. The van der Waals surface area contributed by atoms with E-state index >= 15 is 0 Å². The SMILES string of the molecule is N[C@@H](CCc1ccccc1)C(=O)N1CCC[C@H]1CO. The van der Waals surface area contributed by atoms with Crippen molar-refractivity contribution in [3.05, 3.63) is 35.9 Å². The van der Waals surface area contributed by atoms with Gasteiger partial charge < -0.3 is 15.7 Å². The Labute approximate surface area is 114 Å². The molecule has 4 nitrogen and oxygen atoms in total. The van der Waals surface area contributed by atoms with E-state index in [-0.39, 0.29) is 18.6 Å². The highest BCUT2D eigenvalue weighted by atomic mass is 16.3. The molecule has 1 aromatic rings. The lowest BCUT2D eigenvalue weighted by Crippen LogP contribution is -2.47. The molecule has 3 N–H and O–H groups in total. The number of nitrogens with zero attached hydrogens (tertiary/aromatic N) is 1. The Hall–Kier alpha value is -1.39. The van der Waals surface area contributed by atoms with Gasteiger partial charge in [0.05, 0.1) is 18.7 Å². The number of aliphatic hydroxyl groups is 1. The second-order valence-corrected chi connectivity index (χ2v) is 5.14. The summed E-state index contributed by atoms with van der Waals surface area (Å²) in [6.07, 6.45) is 3.30. The van der Waals surface area contributed by atoms with E-state index in [1.807, 2.05) is 30.3 Å². The van der Waals surface area contributed by atoms with Crippen LogP contribution >= 0.6 is 0 Å². The molecule has 1 fully saturated rings. The van der Waals surface area contributed by atoms with Crippen LogP contribution in [0, 0.1) is 0 Å². The van der Waals surface area contributed by atoms with Crippen LogP contribution < -0.4 is 5.73 Å². The van der Waals surface area contributed by atoms with Crippen molar-refractivity contribution in [1.82, 2.24) is 4.90 Å². The first kappa shape index (κ1) is 14.0. The third-order valence-electron chi connectivity index (χ3n) is 3.78. The maximum atomic E-state index is 12.2. The van der Waals surface area contributed by atoms with Crippen LogP contribution in [0.1, 0.15) is 24.8 Å². The first-order chi connectivity index (χ1) is 9.22. The van der Waals surface area contributed by atoms with Gasteiger partial charge in [0.2, 0.25) is 5.91 Å². The number of likely N-dealkylation sites (tertiary alicyclic amines) is 1. The molecule has 0 spiro atoms. The van der Waals surface area contributed by atoms with E-state index < -0.39 is 6.04 Å². The topological polar surface area (TPSA) is 66.6 Å². The predicted molar refractivity (Wildman–Crippen MR) is 74.6 cm³/mol. The van der Waals surface area contributed by atoms with Crippen molar-refractivity contribution in [1.29, 1.82) is 0 Å². The zero-order valence-corrected chi connectivity index (χ0v) is 11.2. The van der Waals surface area contributed by atoms with Crippen LogP contribution in [0.5, 0.6) is 0 Å². The van der Waals surface area contributed by atoms with Gasteiger partial charge in [-0.2, -0.15) is 0 Å². The van der Waals surface area contributed by atoms with Crippen molar-refractivity contribution in [2.24, 2.45) is 5.73 Å². The van der Waals surface area contributed by atoms with Crippen LogP contribution in [0.25, 0.3) is 0 Å². The zero-order chi connectivity index (χ0) is 13.7. The van der Waals surface area contributed by atoms with Crippen LogP contribution in [0.3, 0.4) is 0 Å². The molecular weight excluding hydrogens is 240 g/mol. The molecule has 104 valence electrons. The van der Waals surface area contributed by atoms with Crippen molar-refractivity contribution < 1.29 is 9.90 Å². The van der Waals surface area contributed by atoms with Crippen molar-refractivity contribution >= 4 is 5.91 Å². The van der Waals surface area contributed by atoms with Gasteiger partial charge >= 0.3 is 0 Å². The molecule has 0 radical (unpaired) electrons. The van der Waals surface area contributed by atoms with E-state index in [0.29, 0.717) is 6.42 Å². The number of aliphatic hydroxyl groups excluding tert-OH is 1. The molecule has 1 aromatic carbocycles. The highest BCUT2D eigenvalue weighted by molar-refractivity contribution is 5.82. The van der Waals surface area contributed by atoms with Gasteiger partial charge in [-0.05, 0) is 31.2 Å². The number of benzene rings is 1. The Kier molecular flexibility index (Phi) is 4.93. The van der Waals surface area contributed by atoms with Crippen LogP contribution in [0.15, 0.2) is 30.3 Å². The molecule has 2 atom stereocenters. The normalized spacial score (nSPS) is 20.5. The Bertz CT molecular complexity index is 408. The van der Waals surface area contributed by atoms with E-state index in [1.165, 1.54) is 5.56 Å². The van der Waals surface area contributed by atoms with Crippen LogP contribution in [0.4, 0.5) is 0 Å².